The Kier molecular flexibility index (Phi) is 4.88. The second-order valence-electron chi connectivity index (χ2n) is 7.04. The molecule has 2 heterocycles. The quantitative estimate of drug-likeness (QED) is 0.605. The maximum Gasteiger partial charge on any atom is 0.416 e. The van der Waals surface area contributed by atoms with Crippen LogP contribution in [-0.2, 0) is 20.6 Å². The summed E-state index contributed by atoms with van der Waals surface area (Å²) in [4.78, 5) is 42.2. The van der Waals surface area contributed by atoms with Crippen LogP contribution in [0.2, 0.25) is 0 Å². The molecular formula is C19H16F3N5O3. The number of carbonyl (C=O) groups excluding carboxylic acids is 3. The molecule has 1 aliphatic heterocycles. The number of amides is 3. The van der Waals surface area contributed by atoms with Crippen LogP contribution in [0.1, 0.15) is 18.4 Å². The molecule has 0 radical (unpaired) electrons. The zero-order valence-corrected chi connectivity index (χ0v) is 15.5. The lowest BCUT2D eigenvalue weighted by Crippen LogP contribution is -2.38. The molecule has 0 saturated carbocycles. The first-order valence-electron chi connectivity index (χ1n) is 9.12. The van der Waals surface area contributed by atoms with E-state index in [1.54, 1.807) is 0 Å². The Bertz CT molecular complexity index is 1010. The molecule has 2 aromatic rings. The van der Waals surface area contributed by atoms with Gasteiger partial charge in [0.1, 0.15) is 19.2 Å². The Morgan fingerprint density at radius 1 is 1.13 bits per heavy atom. The van der Waals surface area contributed by atoms with E-state index in [4.69, 9.17) is 0 Å². The van der Waals surface area contributed by atoms with E-state index >= 15 is 0 Å². The fraction of sp³-hybridized carbons (Fsp3) is 0.316. The van der Waals surface area contributed by atoms with Gasteiger partial charge in [0.2, 0.25) is 17.7 Å². The van der Waals surface area contributed by atoms with Crippen molar-refractivity contribution < 1.29 is 27.6 Å². The Labute approximate surface area is 168 Å². The highest BCUT2D eigenvalue weighted by Gasteiger charge is 2.47. The maximum absolute atomic E-state index is 13.1. The molecule has 1 saturated heterocycles. The molecule has 0 spiro atoms. The average molecular weight is 419 g/mol. The van der Waals surface area contributed by atoms with Crippen LogP contribution in [0.4, 0.5) is 18.9 Å². The molecule has 4 rings (SSSR count). The summed E-state index contributed by atoms with van der Waals surface area (Å²) in [6, 6.07) is 2.78. The molecule has 0 bridgehead atoms. The Morgan fingerprint density at radius 3 is 2.37 bits per heavy atom. The second-order valence-corrected chi connectivity index (χ2v) is 7.04. The molecule has 2 aliphatic rings. The summed E-state index contributed by atoms with van der Waals surface area (Å²) in [7, 11) is 0. The third-order valence-electron chi connectivity index (χ3n) is 5.16. The van der Waals surface area contributed by atoms with Gasteiger partial charge >= 0.3 is 6.18 Å². The van der Waals surface area contributed by atoms with Crippen LogP contribution in [0, 0.1) is 11.8 Å². The lowest BCUT2D eigenvalue weighted by atomic mass is 9.85. The number of benzene rings is 1. The normalized spacial score (nSPS) is 21.1. The summed E-state index contributed by atoms with van der Waals surface area (Å²) in [6.07, 6.45) is 2.34. The molecule has 30 heavy (non-hydrogen) atoms. The van der Waals surface area contributed by atoms with Crippen molar-refractivity contribution in [2.45, 2.75) is 19.0 Å². The maximum atomic E-state index is 13.1. The standard InChI is InChI=1S/C19H16F3N5O3/c20-19(21,22)11-5-6-15(27-10-23-9-24-27)14(7-11)25-16(28)8-26-17(29)12-3-1-2-4-13(12)18(26)30/h1-2,5-7,9-10,12-13H,3-4,8H2,(H,25,28). The van der Waals surface area contributed by atoms with Gasteiger partial charge in [-0.15, -0.1) is 0 Å². The van der Waals surface area contributed by atoms with Gasteiger partial charge in [-0.25, -0.2) is 9.67 Å². The fourth-order valence-electron chi connectivity index (χ4n) is 3.70. The van der Waals surface area contributed by atoms with Crippen molar-refractivity contribution in [1.29, 1.82) is 0 Å². The minimum Gasteiger partial charge on any atom is -0.323 e. The summed E-state index contributed by atoms with van der Waals surface area (Å²) in [5, 5.41) is 6.24. The third-order valence-corrected chi connectivity index (χ3v) is 5.16. The summed E-state index contributed by atoms with van der Waals surface area (Å²) in [6.45, 7) is -0.572. The van der Waals surface area contributed by atoms with E-state index < -0.39 is 47.8 Å². The molecule has 11 heteroatoms. The molecular weight excluding hydrogens is 403 g/mol. The first-order valence-corrected chi connectivity index (χ1v) is 9.12. The summed E-state index contributed by atoms with van der Waals surface area (Å²) in [5.41, 5.74) is -0.976. The van der Waals surface area contributed by atoms with Crippen molar-refractivity contribution in [2.75, 3.05) is 11.9 Å². The van der Waals surface area contributed by atoms with Crippen LogP contribution in [-0.4, -0.2) is 43.9 Å². The van der Waals surface area contributed by atoms with Crippen LogP contribution < -0.4 is 5.32 Å². The molecule has 2 atom stereocenters. The van der Waals surface area contributed by atoms with E-state index in [9.17, 15) is 27.6 Å². The third kappa shape index (κ3) is 3.58. The molecule has 1 fully saturated rings. The molecule has 3 amide bonds. The monoisotopic (exact) mass is 419 g/mol. The van der Waals surface area contributed by atoms with Gasteiger partial charge in [-0.05, 0) is 31.0 Å². The number of carbonyl (C=O) groups is 3. The summed E-state index contributed by atoms with van der Waals surface area (Å²) in [5.74, 6) is -2.65. The lowest BCUT2D eigenvalue weighted by Gasteiger charge is -2.17. The highest BCUT2D eigenvalue weighted by molar-refractivity contribution is 6.09. The molecule has 1 aromatic carbocycles. The van der Waals surface area contributed by atoms with E-state index in [1.165, 1.54) is 17.3 Å². The molecule has 2 unspecified atom stereocenters. The average Bonchev–Trinajstić information content (AvgIpc) is 3.31. The molecule has 1 aromatic heterocycles. The van der Waals surface area contributed by atoms with Gasteiger partial charge in [0.05, 0.1) is 28.8 Å². The van der Waals surface area contributed by atoms with E-state index in [-0.39, 0.29) is 11.4 Å². The summed E-state index contributed by atoms with van der Waals surface area (Å²) < 4.78 is 40.6. The van der Waals surface area contributed by atoms with Crippen molar-refractivity contribution in [2.24, 2.45) is 11.8 Å². The Balaban J connectivity index is 1.57. The first kappa shape index (κ1) is 19.8. The minimum atomic E-state index is -4.62. The Morgan fingerprint density at radius 2 is 1.80 bits per heavy atom. The number of alkyl halides is 3. The number of hydrogen-bond acceptors (Lipinski definition) is 5. The van der Waals surface area contributed by atoms with Crippen LogP contribution in [0.15, 0.2) is 43.0 Å². The van der Waals surface area contributed by atoms with Gasteiger partial charge in [-0.3, -0.25) is 19.3 Å². The smallest absolute Gasteiger partial charge is 0.323 e. The number of nitrogens with one attached hydrogen (secondary N) is 1. The topological polar surface area (TPSA) is 97.2 Å². The summed E-state index contributed by atoms with van der Waals surface area (Å²) >= 11 is 0. The Hall–Kier alpha value is -3.50. The number of rotatable bonds is 4. The van der Waals surface area contributed by atoms with Crippen LogP contribution in [0.25, 0.3) is 5.69 Å². The first-order chi connectivity index (χ1) is 14.3. The number of nitrogens with zero attached hydrogens (tertiary/aromatic N) is 4. The number of aromatic nitrogens is 3. The number of hydrogen-bond donors (Lipinski definition) is 1. The van der Waals surface area contributed by atoms with E-state index in [2.05, 4.69) is 15.4 Å². The van der Waals surface area contributed by atoms with Gasteiger partial charge in [0, 0.05) is 0 Å². The van der Waals surface area contributed by atoms with Gasteiger partial charge in [-0.1, -0.05) is 12.2 Å². The molecule has 8 nitrogen and oxygen atoms in total. The van der Waals surface area contributed by atoms with Gasteiger partial charge in [-0.2, -0.15) is 18.3 Å². The second kappa shape index (κ2) is 7.39. The number of fused-ring (bicyclic) bond motifs is 1. The zero-order chi connectivity index (χ0) is 21.5. The highest BCUT2D eigenvalue weighted by Crippen LogP contribution is 2.35. The largest absolute Gasteiger partial charge is 0.416 e. The minimum absolute atomic E-state index is 0.158. The predicted octanol–water partition coefficient (Wildman–Crippen LogP) is 2.18. The van der Waals surface area contributed by atoms with Crippen molar-refractivity contribution in [3.8, 4) is 5.69 Å². The SMILES string of the molecule is O=C(CN1C(=O)C2CC=CCC2C1=O)Nc1cc(C(F)(F)F)ccc1-n1cncn1. The fourth-order valence-corrected chi connectivity index (χ4v) is 3.70. The van der Waals surface area contributed by atoms with Crippen molar-refractivity contribution in [1.82, 2.24) is 19.7 Å². The lowest BCUT2D eigenvalue weighted by molar-refractivity contribution is -0.142. The van der Waals surface area contributed by atoms with Crippen molar-refractivity contribution in [3.05, 3.63) is 48.6 Å². The van der Waals surface area contributed by atoms with Crippen LogP contribution in [0.5, 0.6) is 0 Å². The zero-order valence-electron chi connectivity index (χ0n) is 15.5. The van der Waals surface area contributed by atoms with Gasteiger partial charge < -0.3 is 5.32 Å². The van der Waals surface area contributed by atoms with Crippen LogP contribution >= 0.6 is 0 Å². The number of allylic oxidation sites excluding steroid dienone is 2. The van der Waals surface area contributed by atoms with Gasteiger partial charge in [0.15, 0.2) is 0 Å². The number of halogens is 3. The number of imide groups is 1. The van der Waals surface area contributed by atoms with Crippen LogP contribution in [0.3, 0.4) is 0 Å². The molecule has 1 aliphatic carbocycles. The van der Waals surface area contributed by atoms with Crippen molar-refractivity contribution >= 4 is 23.4 Å². The predicted molar refractivity (Wildman–Crippen MR) is 97.1 cm³/mol. The number of likely N-dealkylation sites (tertiary alicyclic amines) is 1. The van der Waals surface area contributed by atoms with Crippen molar-refractivity contribution in [3.63, 3.8) is 0 Å². The van der Waals surface area contributed by atoms with E-state index in [0.717, 1.165) is 23.1 Å². The van der Waals surface area contributed by atoms with E-state index in [0.29, 0.717) is 12.8 Å². The highest BCUT2D eigenvalue weighted by atomic mass is 19.4. The number of anilines is 1. The molecule has 1 N–H and O–H groups in total. The van der Waals surface area contributed by atoms with E-state index in [1.807, 2.05) is 12.2 Å². The molecule has 156 valence electrons. The van der Waals surface area contributed by atoms with Gasteiger partial charge in [0.25, 0.3) is 0 Å².